The number of hydrogen-bond acceptors (Lipinski definition) is 6. The Bertz CT molecular complexity index is 1130. The molecule has 1 unspecified atom stereocenters. The second-order valence-corrected chi connectivity index (χ2v) is 7.35. The average Bonchev–Trinajstić information content (AvgIpc) is 3.49. The van der Waals surface area contributed by atoms with Gasteiger partial charge in [0.2, 0.25) is 0 Å². The molecular formula is C21H21N7. The quantitative estimate of drug-likeness (QED) is 0.576. The minimum Gasteiger partial charge on any atom is -0.361 e. The van der Waals surface area contributed by atoms with Crippen LogP contribution in [0.3, 0.4) is 0 Å². The van der Waals surface area contributed by atoms with Gasteiger partial charge in [0, 0.05) is 31.2 Å². The first kappa shape index (κ1) is 16.8. The Morgan fingerprint density at radius 1 is 1.11 bits per heavy atom. The molecule has 5 rings (SSSR count). The van der Waals surface area contributed by atoms with Crippen LogP contribution in [0.2, 0.25) is 0 Å². The van der Waals surface area contributed by atoms with E-state index < -0.39 is 0 Å². The van der Waals surface area contributed by atoms with Crippen molar-refractivity contribution in [3.8, 4) is 11.4 Å². The predicted molar refractivity (Wildman–Crippen MR) is 108 cm³/mol. The van der Waals surface area contributed by atoms with Crippen molar-refractivity contribution in [1.29, 1.82) is 0 Å². The lowest BCUT2D eigenvalue weighted by molar-refractivity contribution is 0.655. The highest BCUT2D eigenvalue weighted by atomic mass is 15.3. The highest BCUT2D eigenvalue weighted by Gasteiger charge is 2.34. The maximum absolute atomic E-state index is 4.85. The molecule has 0 aliphatic heterocycles. The third-order valence-corrected chi connectivity index (χ3v) is 5.17. The Kier molecular flexibility index (Phi) is 4.00. The van der Waals surface area contributed by atoms with E-state index in [-0.39, 0.29) is 6.04 Å². The summed E-state index contributed by atoms with van der Waals surface area (Å²) in [5.74, 6) is 2.03. The first-order valence-corrected chi connectivity index (χ1v) is 9.48. The fourth-order valence-electron chi connectivity index (χ4n) is 3.50. The van der Waals surface area contributed by atoms with Crippen molar-refractivity contribution in [2.24, 2.45) is 13.0 Å². The lowest BCUT2D eigenvalue weighted by atomic mass is 10.1. The zero-order valence-electron chi connectivity index (χ0n) is 15.9. The molecule has 0 bridgehead atoms. The third-order valence-electron chi connectivity index (χ3n) is 5.17. The molecule has 0 saturated heterocycles. The summed E-state index contributed by atoms with van der Waals surface area (Å²) in [6.07, 6.45) is 9.61. The van der Waals surface area contributed by atoms with Gasteiger partial charge in [-0.05, 0) is 55.5 Å². The summed E-state index contributed by atoms with van der Waals surface area (Å²) in [4.78, 5) is 18.3. The second-order valence-electron chi connectivity index (χ2n) is 7.35. The van der Waals surface area contributed by atoms with Crippen LogP contribution in [-0.4, -0.2) is 29.7 Å². The van der Waals surface area contributed by atoms with Crippen molar-refractivity contribution in [1.82, 2.24) is 29.7 Å². The molecule has 0 radical (unpaired) electrons. The lowest BCUT2D eigenvalue weighted by Crippen LogP contribution is -2.16. The van der Waals surface area contributed by atoms with Gasteiger partial charge in [0.1, 0.15) is 5.82 Å². The molecule has 4 heterocycles. The summed E-state index contributed by atoms with van der Waals surface area (Å²) < 4.78 is 1.78. The molecule has 7 nitrogen and oxygen atoms in total. The van der Waals surface area contributed by atoms with Gasteiger partial charge in [-0.2, -0.15) is 5.10 Å². The number of nitrogens with one attached hydrogen (secondary N) is 1. The molecule has 1 N–H and O–H groups in total. The largest absolute Gasteiger partial charge is 0.361 e. The first-order valence-electron chi connectivity index (χ1n) is 9.48. The van der Waals surface area contributed by atoms with Gasteiger partial charge in [0.15, 0.2) is 11.5 Å². The maximum Gasteiger partial charge on any atom is 0.164 e. The van der Waals surface area contributed by atoms with Gasteiger partial charge in [0.25, 0.3) is 0 Å². The Balaban J connectivity index is 1.61. The molecule has 0 spiro atoms. The van der Waals surface area contributed by atoms with Gasteiger partial charge >= 0.3 is 0 Å². The number of hydrogen-bond donors (Lipinski definition) is 1. The van der Waals surface area contributed by atoms with E-state index in [1.54, 1.807) is 17.1 Å². The van der Waals surface area contributed by atoms with E-state index >= 15 is 0 Å². The van der Waals surface area contributed by atoms with Gasteiger partial charge in [0.05, 0.1) is 23.3 Å². The molecular weight excluding hydrogens is 350 g/mol. The van der Waals surface area contributed by atoms with Gasteiger partial charge in [-0.3, -0.25) is 14.6 Å². The van der Waals surface area contributed by atoms with Crippen LogP contribution >= 0.6 is 0 Å². The number of aromatic nitrogens is 6. The summed E-state index contributed by atoms with van der Waals surface area (Å²) in [7, 11) is 1.90. The molecule has 28 heavy (non-hydrogen) atoms. The zero-order valence-corrected chi connectivity index (χ0v) is 15.9. The molecule has 1 saturated carbocycles. The van der Waals surface area contributed by atoms with Crippen molar-refractivity contribution in [2.75, 3.05) is 5.32 Å². The second kappa shape index (κ2) is 6.67. The van der Waals surface area contributed by atoms with Gasteiger partial charge in [-0.15, -0.1) is 0 Å². The molecule has 1 aliphatic rings. The normalized spacial score (nSPS) is 14.9. The Morgan fingerprint density at radius 2 is 1.93 bits per heavy atom. The SMILES string of the molecule is Cc1ccnc(C(Nc2nc(-c3ccncc3)nc3c2cnn3C)C2CC2)c1. The molecule has 1 atom stereocenters. The number of fused-ring (bicyclic) bond motifs is 1. The van der Waals surface area contributed by atoms with E-state index in [9.17, 15) is 0 Å². The van der Waals surface area contributed by atoms with Crippen LogP contribution < -0.4 is 5.32 Å². The van der Waals surface area contributed by atoms with E-state index in [1.807, 2.05) is 37.6 Å². The number of pyridine rings is 2. The fraction of sp³-hybridized carbons (Fsp3) is 0.286. The Morgan fingerprint density at radius 3 is 2.68 bits per heavy atom. The highest BCUT2D eigenvalue weighted by Crippen LogP contribution is 2.43. The molecule has 0 aromatic carbocycles. The Labute approximate surface area is 162 Å². The molecule has 140 valence electrons. The summed E-state index contributed by atoms with van der Waals surface area (Å²) >= 11 is 0. The van der Waals surface area contributed by atoms with Crippen LogP contribution in [0.25, 0.3) is 22.4 Å². The van der Waals surface area contributed by atoms with E-state index in [2.05, 4.69) is 33.4 Å². The minimum absolute atomic E-state index is 0.128. The van der Waals surface area contributed by atoms with E-state index in [4.69, 9.17) is 9.97 Å². The molecule has 4 aromatic heterocycles. The minimum atomic E-state index is 0.128. The number of nitrogens with zero attached hydrogens (tertiary/aromatic N) is 6. The van der Waals surface area contributed by atoms with E-state index in [0.29, 0.717) is 11.7 Å². The van der Waals surface area contributed by atoms with Crippen LogP contribution in [-0.2, 0) is 7.05 Å². The van der Waals surface area contributed by atoms with Gasteiger partial charge in [-0.25, -0.2) is 9.97 Å². The maximum atomic E-state index is 4.85. The zero-order chi connectivity index (χ0) is 19.1. The van der Waals surface area contributed by atoms with Crippen molar-refractivity contribution in [2.45, 2.75) is 25.8 Å². The predicted octanol–water partition coefficient (Wildman–Crippen LogP) is 3.69. The lowest BCUT2D eigenvalue weighted by Gasteiger charge is -2.19. The molecule has 7 heteroatoms. The van der Waals surface area contributed by atoms with Crippen molar-refractivity contribution in [3.05, 3.63) is 60.3 Å². The van der Waals surface area contributed by atoms with Crippen LogP contribution in [0.5, 0.6) is 0 Å². The molecule has 1 aliphatic carbocycles. The average molecular weight is 371 g/mol. The third kappa shape index (κ3) is 3.09. The molecule has 0 amide bonds. The smallest absolute Gasteiger partial charge is 0.164 e. The number of anilines is 1. The van der Waals surface area contributed by atoms with Crippen LogP contribution in [0.4, 0.5) is 5.82 Å². The van der Waals surface area contributed by atoms with E-state index in [0.717, 1.165) is 28.1 Å². The Hall–Kier alpha value is -3.35. The van der Waals surface area contributed by atoms with Crippen LogP contribution in [0.1, 0.15) is 30.1 Å². The topological polar surface area (TPSA) is 81.4 Å². The number of rotatable bonds is 5. The van der Waals surface area contributed by atoms with Gasteiger partial charge < -0.3 is 5.32 Å². The van der Waals surface area contributed by atoms with Crippen molar-refractivity contribution >= 4 is 16.9 Å². The van der Waals surface area contributed by atoms with Gasteiger partial charge in [-0.1, -0.05) is 0 Å². The highest BCUT2D eigenvalue weighted by molar-refractivity contribution is 5.88. The molecule has 4 aromatic rings. The summed E-state index contributed by atoms with van der Waals surface area (Å²) in [6, 6.07) is 8.15. The summed E-state index contributed by atoms with van der Waals surface area (Å²) in [6.45, 7) is 2.10. The van der Waals surface area contributed by atoms with E-state index in [1.165, 1.54) is 18.4 Å². The van der Waals surface area contributed by atoms with Crippen molar-refractivity contribution in [3.63, 3.8) is 0 Å². The monoisotopic (exact) mass is 371 g/mol. The standard InChI is InChI=1S/C21H21N7/c1-13-5-10-23-17(11-13)18(14-3-4-14)25-20-16-12-24-28(2)21(16)27-19(26-20)15-6-8-22-9-7-15/h5-12,14,18H,3-4H2,1-2H3,(H,25,26,27). The van der Waals surface area contributed by atoms with Crippen LogP contribution in [0.15, 0.2) is 49.1 Å². The number of aryl methyl sites for hydroxylation is 2. The summed E-state index contributed by atoms with van der Waals surface area (Å²) in [5.41, 5.74) is 4.00. The fourth-order valence-corrected chi connectivity index (χ4v) is 3.50. The first-order chi connectivity index (χ1) is 13.7. The summed E-state index contributed by atoms with van der Waals surface area (Å²) in [5, 5.41) is 8.98. The molecule has 1 fully saturated rings. The van der Waals surface area contributed by atoms with Crippen molar-refractivity contribution < 1.29 is 0 Å². The van der Waals surface area contributed by atoms with Crippen LogP contribution in [0, 0.1) is 12.8 Å².